The molecule has 2 aromatic carbocycles. The van der Waals surface area contributed by atoms with Crippen LogP contribution in [0.15, 0.2) is 42.5 Å². The topological polar surface area (TPSA) is 91.7 Å². The molecule has 0 bridgehead atoms. The van der Waals surface area contributed by atoms with E-state index in [0.29, 0.717) is 28.4 Å². The molecule has 0 aliphatic heterocycles. The molecule has 0 radical (unpaired) electrons. The molecule has 7 heteroatoms. The highest BCUT2D eigenvalue weighted by molar-refractivity contribution is 6.02. The Morgan fingerprint density at radius 2 is 1.92 bits per heavy atom. The Balaban J connectivity index is 2.21. The zero-order valence-electron chi connectivity index (χ0n) is 14.8. The third-order valence-corrected chi connectivity index (χ3v) is 3.65. The van der Waals surface area contributed by atoms with E-state index in [4.69, 9.17) is 14.7 Å². The van der Waals surface area contributed by atoms with Crippen LogP contribution in [-0.4, -0.2) is 32.6 Å². The number of carbonyl (C=O) groups is 2. The molecule has 134 valence electrons. The van der Waals surface area contributed by atoms with Gasteiger partial charge in [-0.3, -0.25) is 9.59 Å². The smallest absolute Gasteiger partial charge is 0.244 e. The molecule has 0 heterocycles. The third kappa shape index (κ3) is 4.51. The summed E-state index contributed by atoms with van der Waals surface area (Å²) < 4.78 is 10.4. The van der Waals surface area contributed by atoms with Crippen LogP contribution >= 0.6 is 0 Å². The minimum atomic E-state index is -0.408. The van der Waals surface area contributed by atoms with Gasteiger partial charge in [-0.25, -0.2) is 0 Å². The molecule has 0 aromatic heterocycles. The molecule has 0 saturated heterocycles. The number of rotatable bonds is 6. The molecule has 26 heavy (non-hydrogen) atoms. The number of nitriles is 1. The van der Waals surface area contributed by atoms with E-state index in [9.17, 15) is 9.59 Å². The van der Waals surface area contributed by atoms with Gasteiger partial charge in [-0.05, 0) is 30.3 Å². The number of benzene rings is 2. The van der Waals surface area contributed by atoms with Gasteiger partial charge in [0.25, 0.3) is 0 Å². The molecule has 0 fully saturated rings. The Morgan fingerprint density at radius 3 is 2.54 bits per heavy atom. The SMILES string of the molecule is COc1ccc(OC)c(NC(=O)CN(C(C)=O)c2cccc(C#N)c2)c1. The molecule has 2 amide bonds. The zero-order chi connectivity index (χ0) is 19.1. The van der Waals surface area contributed by atoms with Crippen LogP contribution in [0.1, 0.15) is 12.5 Å². The highest BCUT2D eigenvalue weighted by Crippen LogP contribution is 2.29. The van der Waals surface area contributed by atoms with Gasteiger partial charge < -0.3 is 19.7 Å². The van der Waals surface area contributed by atoms with Gasteiger partial charge in [0.15, 0.2) is 0 Å². The predicted octanol–water partition coefficient (Wildman–Crippen LogP) is 2.57. The molecular weight excluding hydrogens is 334 g/mol. The number of methoxy groups -OCH3 is 2. The number of amides is 2. The van der Waals surface area contributed by atoms with E-state index in [1.54, 1.807) is 42.5 Å². The molecule has 0 aliphatic rings. The van der Waals surface area contributed by atoms with Crippen LogP contribution in [0.2, 0.25) is 0 Å². The maximum atomic E-state index is 12.5. The van der Waals surface area contributed by atoms with Gasteiger partial charge in [0.1, 0.15) is 18.0 Å². The number of nitrogens with zero attached hydrogens (tertiary/aromatic N) is 2. The molecule has 2 rings (SSSR count). The number of anilines is 2. The summed E-state index contributed by atoms with van der Waals surface area (Å²) in [4.78, 5) is 25.7. The van der Waals surface area contributed by atoms with E-state index in [0.717, 1.165) is 0 Å². The average Bonchev–Trinajstić information content (AvgIpc) is 2.65. The second kappa shape index (κ2) is 8.53. The number of carbonyl (C=O) groups excluding carboxylic acids is 2. The molecular formula is C19H19N3O4. The largest absolute Gasteiger partial charge is 0.497 e. The van der Waals surface area contributed by atoms with E-state index >= 15 is 0 Å². The molecule has 0 unspecified atom stereocenters. The number of nitrogens with one attached hydrogen (secondary N) is 1. The van der Waals surface area contributed by atoms with E-state index in [2.05, 4.69) is 5.32 Å². The second-order valence-electron chi connectivity index (χ2n) is 5.38. The van der Waals surface area contributed by atoms with Crippen LogP contribution in [0, 0.1) is 11.3 Å². The van der Waals surface area contributed by atoms with Crippen molar-refractivity contribution in [2.75, 3.05) is 31.0 Å². The van der Waals surface area contributed by atoms with Crippen molar-refractivity contribution in [3.8, 4) is 17.6 Å². The van der Waals surface area contributed by atoms with Crippen molar-refractivity contribution < 1.29 is 19.1 Å². The van der Waals surface area contributed by atoms with Crippen molar-refractivity contribution >= 4 is 23.2 Å². The minimum absolute atomic E-state index is 0.204. The van der Waals surface area contributed by atoms with Crippen molar-refractivity contribution in [2.24, 2.45) is 0 Å². The number of ether oxygens (including phenoxy) is 2. The Kier molecular flexibility index (Phi) is 6.17. The lowest BCUT2D eigenvalue weighted by Crippen LogP contribution is -2.36. The number of hydrogen-bond donors (Lipinski definition) is 1. The lowest BCUT2D eigenvalue weighted by molar-refractivity contribution is -0.120. The van der Waals surface area contributed by atoms with Gasteiger partial charge in [-0.15, -0.1) is 0 Å². The van der Waals surface area contributed by atoms with E-state index < -0.39 is 5.91 Å². The quantitative estimate of drug-likeness (QED) is 0.862. The second-order valence-corrected chi connectivity index (χ2v) is 5.38. The summed E-state index contributed by atoms with van der Waals surface area (Å²) in [5, 5.41) is 11.7. The average molecular weight is 353 g/mol. The molecule has 0 aliphatic carbocycles. The molecule has 0 atom stereocenters. The molecule has 1 N–H and O–H groups in total. The summed E-state index contributed by atoms with van der Waals surface area (Å²) >= 11 is 0. The molecule has 0 saturated carbocycles. The maximum absolute atomic E-state index is 12.5. The van der Waals surface area contributed by atoms with Gasteiger partial charge in [0, 0.05) is 18.7 Å². The fourth-order valence-electron chi connectivity index (χ4n) is 2.37. The third-order valence-electron chi connectivity index (χ3n) is 3.65. The van der Waals surface area contributed by atoms with Crippen molar-refractivity contribution in [3.63, 3.8) is 0 Å². The van der Waals surface area contributed by atoms with Gasteiger partial charge in [0.05, 0.1) is 31.5 Å². The first-order valence-electron chi connectivity index (χ1n) is 7.78. The molecule has 7 nitrogen and oxygen atoms in total. The Labute approximate surface area is 151 Å². The summed E-state index contributed by atoms with van der Waals surface area (Å²) in [7, 11) is 3.01. The van der Waals surface area contributed by atoms with Crippen molar-refractivity contribution in [3.05, 3.63) is 48.0 Å². The fraction of sp³-hybridized carbons (Fsp3) is 0.211. The summed E-state index contributed by atoms with van der Waals surface area (Å²) in [6.45, 7) is 1.16. The first-order chi connectivity index (χ1) is 12.5. The maximum Gasteiger partial charge on any atom is 0.244 e. The lowest BCUT2D eigenvalue weighted by atomic mass is 10.2. The zero-order valence-corrected chi connectivity index (χ0v) is 14.8. The van der Waals surface area contributed by atoms with Crippen LogP contribution in [0.3, 0.4) is 0 Å². The minimum Gasteiger partial charge on any atom is -0.497 e. The van der Waals surface area contributed by atoms with Crippen molar-refractivity contribution in [1.29, 1.82) is 5.26 Å². The fourth-order valence-corrected chi connectivity index (χ4v) is 2.37. The normalized spacial score (nSPS) is 9.77. The highest BCUT2D eigenvalue weighted by Gasteiger charge is 2.17. The van der Waals surface area contributed by atoms with E-state index in [1.165, 1.54) is 26.0 Å². The van der Waals surface area contributed by atoms with Crippen LogP contribution in [0.5, 0.6) is 11.5 Å². The first-order valence-corrected chi connectivity index (χ1v) is 7.78. The van der Waals surface area contributed by atoms with Gasteiger partial charge in [0.2, 0.25) is 11.8 Å². The van der Waals surface area contributed by atoms with Gasteiger partial charge in [-0.2, -0.15) is 5.26 Å². The Morgan fingerprint density at radius 1 is 1.15 bits per heavy atom. The summed E-state index contributed by atoms with van der Waals surface area (Å²) in [6, 6.07) is 13.5. The summed E-state index contributed by atoms with van der Waals surface area (Å²) in [5.41, 5.74) is 1.32. The van der Waals surface area contributed by atoms with Gasteiger partial charge >= 0.3 is 0 Å². The van der Waals surface area contributed by atoms with E-state index in [1.807, 2.05) is 6.07 Å². The van der Waals surface area contributed by atoms with Gasteiger partial charge in [-0.1, -0.05) is 6.07 Å². The predicted molar refractivity (Wildman–Crippen MR) is 97.4 cm³/mol. The first kappa shape index (κ1) is 18.8. The molecule has 2 aromatic rings. The monoisotopic (exact) mass is 353 g/mol. The van der Waals surface area contributed by atoms with Crippen LogP contribution < -0.4 is 19.7 Å². The summed E-state index contributed by atoms with van der Waals surface area (Å²) in [5.74, 6) is 0.313. The highest BCUT2D eigenvalue weighted by atomic mass is 16.5. The van der Waals surface area contributed by atoms with Crippen LogP contribution in [0.25, 0.3) is 0 Å². The van der Waals surface area contributed by atoms with E-state index in [-0.39, 0.29) is 12.5 Å². The molecule has 0 spiro atoms. The van der Waals surface area contributed by atoms with Crippen LogP contribution in [-0.2, 0) is 9.59 Å². The Bertz CT molecular complexity index is 858. The van der Waals surface area contributed by atoms with Crippen molar-refractivity contribution in [2.45, 2.75) is 6.92 Å². The Hall–Kier alpha value is -3.53. The number of hydrogen-bond acceptors (Lipinski definition) is 5. The van der Waals surface area contributed by atoms with Crippen molar-refractivity contribution in [1.82, 2.24) is 0 Å². The van der Waals surface area contributed by atoms with Crippen LogP contribution in [0.4, 0.5) is 11.4 Å². The lowest BCUT2D eigenvalue weighted by Gasteiger charge is -2.21. The summed E-state index contributed by atoms with van der Waals surface area (Å²) in [6.07, 6.45) is 0. The standard InChI is InChI=1S/C19H19N3O4/c1-13(23)22(15-6-4-5-14(9-15)11-20)12-19(24)21-17-10-16(25-2)7-8-18(17)26-3/h4-10H,12H2,1-3H3,(H,21,24).